The molecule has 9 rings (SSSR count). The van der Waals surface area contributed by atoms with Crippen LogP contribution in [0.3, 0.4) is 0 Å². The molecular weight excluding hydrogens is 1330 g/mol. The van der Waals surface area contributed by atoms with E-state index in [0.717, 1.165) is 84.7 Å². The number of unbranched alkanes of at least 4 members (excludes halogenated alkanes) is 20. The highest BCUT2D eigenvalue weighted by Gasteiger charge is 2.26. The van der Waals surface area contributed by atoms with Crippen LogP contribution in [0.1, 0.15) is 182 Å². The van der Waals surface area contributed by atoms with Gasteiger partial charge in [-0.25, -0.2) is 29.9 Å². The molecule has 2 aliphatic heterocycles. The average Bonchev–Trinajstić information content (AvgIpc) is 4.18. The predicted molar refractivity (Wildman–Crippen MR) is 363 cm³/mol. The first-order chi connectivity index (χ1) is 39.2. The zero-order valence-corrected chi connectivity index (χ0v) is 56.9. The quantitative estimate of drug-likeness (QED) is 0.0313. The summed E-state index contributed by atoms with van der Waals surface area (Å²) in [5.41, 5.74) is 6.54. The second kappa shape index (κ2) is 31.6. The topological polar surface area (TPSA) is 109 Å². The maximum Gasteiger partial charge on any atom is 0.164 e. The van der Waals surface area contributed by atoms with Gasteiger partial charge in [-0.05, 0) is 161 Å². The van der Waals surface area contributed by atoms with Crippen molar-refractivity contribution in [3.05, 3.63) is 66.4 Å². The van der Waals surface area contributed by atoms with Gasteiger partial charge in [0, 0.05) is 81.3 Å². The van der Waals surface area contributed by atoms with Crippen LogP contribution in [-0.2, 0) is 0 Å². The number of hydrogen-bond donors (Lipinski definition) is 2. The molecule has 8 bridgehead atoms. The molecule has 4 aromatic carbocycles. The normalized spacial score (nSPS) is 12.1. The fourth-order valence-electron chi connectivity index (χ4n) is 10.5. The molecular formula is C64H78Br4N8S4. The van der Waals surface area contributed by atoms with E-state index in [1.807, 2.05) is 47.0 Å². The number of nitrogens with one attached hydrogen (secondary N) is 2. The molecule has 16 heteroatoms. The predicted octanol–water partition coefficient (Wildman–Crippen LogP) is 23.7. The molecule has 5 heterocycles. The number of aromatic nitrogens is 8. The second-order valence-electron chi connectivity index (χ2n) is 21.4. The molecule has 7 aromatic rings. The van der Waals surface area contributed by atoms with Gasteiger partial charge in [0.15, 0.2) is 23.3 Å². The van der Waals surface area contributed by atoms with Gasteiger partial charge >= 0.3 is 0 Å². The summed E-state index contributed by atoms with van der Waals surface area (Å²) in [7, 11) is 0. The van der Waals surface area contributed by atoms with Crippen molar-refractivity contribution in [2.75, 3.05) is 23.0 Å². The molecule has 0 aliphatic carbocycles. The van der Waals surface area contributed by atoms with Crippen LogP contribution in [0.4, 0.5) is 0 Å². The molecule has 426 valence electrons. The van der Waals surface area contributed by atoms with Gasteiger partial charge in [0.25, 0.3) is 0 Å². The van der Waals surface area contributed by atoms with E-state index in [1.54, 1.807) is 0 Å². The molecule has 0 spiro atoms. The first-order valence-corrected chi connectivity index (χ1v) is 37.0. The Hall–Kier alpha value is -2.44. The van der Waals surface area contributed by atoms with Gasteiger partial charge in [0.2, 0.25) is 0 Å². The van der Waals surface area contributed by atoms with Crippen molar-refractivity contribution >= 4 is 155 Å². The van der Waals surface area contributed by atoms with E-state index in [1.165, 1.54) is 174 Å². The number of hydrogen-bond acceptors (Lipinski definition) is 10. The molecule has 80 heavy (non-hydrogen) atoms. The molecule has 0 radical (unpaired) electrons. The van der Waals surface area contributed by atoms with E-state index in [9.17, 15) is 0 Å². The molecule has 0 atom stereocenters. The molecule has 2 N–H and O–H groups in total. The van der Waals surface area contributed by atoms with E-state index < -0.39 is 0 Å². The highest BCUT2D eigenvalue weighted by molar-refractivity contribution is 9.11. The standard InChI is InChI=1S/C64H78Br4N8S4/c1-5-9-13-17-21-25-29-77-53-37-45-41(33-49(53)65)57-69-58-42-34-50(66)55(79-31-27-23-19-15-11-7-3)39-47(42)63(71-58)76-64-48-40-56(80-32-28-24-20-16-12-8-4)52(68)36-44(48)60(75-64)74-62-46-38-54(78-30-26-22-18-14-10-6-2)51(67)35-43(46)59(73-62)72-61(45)70-57/h33-40H,5-32H2,1-4H3,(H2,69,70,71,72,73,74,75,76). The lowest BCUT2D eigenvalue weighted by Gasteiger charge is -2.08. The summed E-state index contributed by atoms with van der Waals surface area (Å²) in [5.74, 6) is 6.62. The van der Waals surface area contributed by atoms with Crippen LogP contribution in [0.5, 0.6) is 0 Å². The highest BCUT2D eigenvalue weighted by Crippen LogP contribution is 2.45. The van der Waals surface area contributed by atoms with E-state index in [-0.39, 0.29) is 0 Å². The first-order valence-electron chi connectivity index (χ1n) is 29.9. The van der Waals surface area contributed by atoms with Crippen LogP contribution in [-0.4, -0.2) is 62.9 Å². The third-order valence-corrected chi connectivity index (χ3v) is 23.3. The molecule has 0 saturated carbocycles. The fraction of sp³-hybridized carbons (Fsp3) is 0.500. The summed E-state index contributed by atoms with van der Waals surface area (Å²) in [5, 5.41) is 3.88. The Kier molecular flexibility index (Phi) is 24.6. The summed E-state index contributed by atoms with van der Waals surface area (Å²) < 4.78 is 4.15. The Morgan fingerprint density at radius 1 is 0.287 bits per heavy atom. The summed E-state index contributed by atoms with van der Waals surface area (Å²) in [6, 6.07) is 17.9. The van der Waals surface area contributed by atoms with Crippen LogP contribution >= 0.6 is 111 Å². The SMILES string of the molecule is CCCCCCCCSc1cc2c(cc1Br)-c1nc-2nc2[nH]c(nc3nc(nc4[nH]c(n1)c1cc(SCCCCCCCC)c(Br)cc41)-c1cc(Br)c(SCCCCCCCC)cc1-3)c1cc(SCCCCCCCC)c(Br)cc21. The number of fused-ring (bicyclic) bond motifs is 20. The van der Waals surface area contributed by atoms with E-state index in [2.05, 4.69) is 150 Å². The van der Waals surface area contributed by atoms with Crippen molar-refractivity contribution in [1.82, 2.24) is 39.9 Å². The second-order valence-corrected chi connectivity index (χ2v) is 29.4. The highest BCUT2D eigenvalue weighted by atomic mass is 79.9. The van der Waals surface area contributed by atoms with Crippen LogP contribution < -0.4 is 0 Å². The Balaban J connectivity index is 1.22. The van der Waals surface area contributed by atoms with Crippen molar-refractivity contribution in [2.24, 2.45) is 0 Å². The van der Waals surface area contributed by atoms with E-state index in [4.69, 9.17) is 29.9 Å². The fourth-order valence-corrected chi connectivity index (χ4v) is 17.1. The number of rotatable bonds is 32. The number of thioether (sulfide) groups is 4. The summed E-state index contributed by atoms with van der Waals surface area (Å²) >= 11 is 23.7. The zero-order chi connectivity index (χ0) is 55.8. The minimum Gasteiger partial charge on any atom is -0.324 e. The zero-order valence-electron chi connectivity index (χ0n) is 47.2. The summed E-state index contributed by atoms with van der Waals surface area (Å²) in [4.78, 5) is 45.0. The Bertz CT molecular complexity index is 3400. The van der Waals surface area contributed by atoms with Gasteiger partial charge in [-0.15, -0.1) is 47.0 Å². The third-order valence-electron chi connectivity index (χ3n) is 15.1. The number of nitrogens with zero attached hydrogens (tertiary/aromatic N) is 6. The Labute approximate surface area is 526 Å². The van der Waals surface area contributed by atoms with Crippen molar-refractivity contribution < 1.29 is 0 Å². The van der Waals surface area contributed by atoms with Gasteiger partial charge in [-0.2, -0.15) is 0 Å². The molecule has 8 nitrogen and oxygen atoms in total. The third kappa shape index (κ3) is 16.1. The first kappa shape index (κ1) is 62.1. The van der Waals surface area contributed by atoms with Crippen molar-refractivity contribution in [1.29, 1.82) is 0 Å². The lowest BCUT2D eigenvalue weighted by atomic mass is 10.1. The van der Waals surface area contributed by atoms with Crippen LogP contribution in [0.2, 0.25) is 0 Å². The van der Waals surface area contributed by atoms with Gasteiger partial charge < -0.3 is 9.97 Å². The smallest absolute Gasteiger partial charge is 0.164 e. The molecule has 3 aromatic heterocycles. The molecule has 2 aliphatic rings. The van der Waals surface area contributed by atoms with E-state index in [0.29, 0.717) is 45.9 Å². The largest absolute Gasteiger partial charge is 0.324 e. The minimum absolute atomic E-state index is 0.596. The maximum atomic E-state index is 5.54. The number of H-pyrrole nitrogens is 2. The van der Waals surface area contributed by atoms with Crippen molar-refractivity contribution in [3.8, 4) is 45.6 Å². The van der Waals surface area contributed by atoms with Crippen LogP contribution in [0.15, 0.2) is 86.0 Å². The number of halogens is 4. The van der Waals surface area contributed by atoms with Crippen LogP contribution in [0.25, 0.3) is 89.7 Å². The summed E-state index contributed by atoms with van der Waals surface area (Å²) in [6.07, 6.45) is 30.4. The van der Waals surface area contributed by atoms with Crippen LogP contribution in [0, 0.1) is 0 Å². The lowest BCUT2D eigenvalue weighted by molar-refractivity contribution is 0.627. The molecule has 0 fully saturated rings. The molecule has 0 saturated heterocycles. The van der Waals surface area contributed by atoms with Gasteiger partial charge in [0.05, 0.1) is 0 Å². The number of aromatic amines is 2. The Morgan fingerprint density at radius 3 is 0.825 bits per heavy atom. The van der Waals surface area contributed by atoms with Gasteiger partial charge in [-0.3, -0.25) is 0 Å². The number of benzene rings is 4. The average molecular weight is 1410 g/mol. The Morgan fingerprint density at radius 2 is 0.525 bits per heavy atom. The molecule has 0 amide bonds. The summed E-state index contributed by atoms with van der Waals surface area (Å²) in [6.45, 7) is 9.12. The maximum absolute atomic E-state index is 5.54. The van der Waals surface area contributed by atoms with Gasteiger partial charge in [0.1, 0.15) is 22.6 Å². The van der Waals surface area contributed by atoms with Crippen molar-refractivity contribution in [3.63, 3.8) is 0 Å². The van der Waals surface area contributed by atoms with E-state index >= 15 is 0 Å². The molecule has 0 unspecified atom stereocenters. The minimum atomic E-state index is 0.596. The monoisotopic (exact) mass is 1400 g/mol. The lowest BCUT2D eigenvalue weighted by Crippen LogP contribution is -1.88. The van der Waals surface area contributed by atoms with Crippen molar-refractivity contribution in [2.45, 2.75) is 201 Å². The van der Waals surface area contributed by atoms with Gasteiger partial charge in [-0.1, -0.05) is 156 Å².